The molecule has 4 nitrogen and oxygen atoms in total. The van der Waals surface area contributed by atoms with Gasteiger partial charge in [-0.25, -0.2) is 0 Å². The largest absolute Gasteiger partial charge is 0.481 e. The third kappa shape index (κ3) is 6.45. The Morgan fingerprint density at radius 2 is 2.15 bits per heavy atom. The van der Waals surface area contributed by atoms with E-state index in [0.29, 0.717) is 12.3 Å². The number of carbonyl (C=O) groups excluding carboxylic acids is 1. The first-order valence-corrected chi connectivity index (χ1v) is 4.81. The van der Waals surface area contributed by atoms with Crippen LogP contribution in [0.5, 0.6) is 0 Å². The van der Waals surface area contributed by atoms with Crippen molar-refractivity contribution in [1.29, 1.82) is 0 Å². The first-order chi connectivity index (χ1) is 6.07. The normalized spacial score (nSPS) is 12.2. The average Bonchev–Trinajstić information content (AvgIpc) is 2.03. The van der Waals surface area contributed by atoms with Gasteiger partial charge in [0, 0.05) is 12.5 Å². The van der Waals surface area contributed by atoms with Gasteiger partial charge in [-0.1, -0.05) is 6.92 Å². The van der Waals surface area contributed by atoms with Gasteiger partial charge in [-0.15, -0.1) is 0 Å². The third-order valence-corrected chi connectivity index (χ3v) is 1.88. The molecule has 0 radical (unpaired) electrons. The minimum atomic E-state index is -0.947. The number of hydrogen-bond acceptors (Lipinski definition) is 3. The minimum absolute atomic E-state index is 0.118. The SMILES string of the molecule is CC(CC(=O)O)C(=O)NCCCS. The van der Waals surface area contributed by atoms with Crippen LogP contribution >= 0.6 is 12.6 Å². The standard InChI is InChI=1S/C8H15NO3S/c1-6(5-7(10)11)8(12)9-3-2-4-13/h6,13H,2-5H2,1H3,(H,9,12)(H,10,11). The average molecular weight is 205 g/mol. The summed E-state index contributed by atoms with van der Waals surface area (Å²) < 4.78 is 0. The Labute approximate surface area is 83.1 Å². The quantitative estimate of drug-likeness (QED) is 0.438. The molecule has 1 amide bonds. The Bertz CT molecular complexity index is 184. The van der Waals surface area contributed by atoms with Crippen LogP contribution in [0.1, 0.15) is 19.8 Å². The summed E-state index contributed by atoms with van der Waals surface area (Å²) in [6.07, 6.45) is 0.682. The molecule has 0 bridgehead atoms. The van der Waals surface area contributed by atoms with Gasteiger partial charge in [0.2, 0.25) is 5.91 Å². The number of carboxylic acid groups (broad SMARTS) is 1. The van der Waals surface area contributed by atoms with Gasteiger partial charge in [-0.2, -0.15) is 12.6 Å². The highest BCUT2D eigenvalue weighted by molar-refractivity contribution is 7.80. The zero-order valence-electron chi connectivity index (χ0n) is 7.62. The molecular weight excluding hydrogens is 190 g/mol. The number of aliphatic carboxylic acids is 1. The van der Waals surface area contributed by atoms with Crippen molar-refractivity contribution in [3.8, 4) is 0 Å². The van der Waals surface area contributed by atoms with Gasteiger partial charge in [0.1, 0.15) is 0 Å². The van der Waals surface area contributed by atoms with Gasteiger partial charge < -0.3 is 10.4 Å². The van der Waals surface area contributed by atoms with E-state index in [2.05, 4.69) is 17.9 Å². The molecule has 0 heterocycles. The van der Waals surface area contributed by atoms with Crippen LogP contribution in [0.3, 0.4) is 0 Å². The lowest BCUT2D eigenvalue weighted by atomic mass is 10.1. The van der Waals surface area contributed by atoms with Crippen molar-refractivity contribution in [1.82, 2.24) is 5.32 Å². The van der Waals surface area contributed by atoms with Crippen LogP contribution < -0.4 is 5.32 Å². The van der Waals surface area contributed by atoms with Crippen molar-refractivity contribution in [3.05, 3.63) is 0 Å². The number of thiol groups is 1. The summed E-state index contributed by atoms with van der Waals surface area (Å²) >= 11 is 3.98. The molecule has 13 heavy (non-hydrogen) atoms. The fourth-order valence-corrected chi connectivity index (χ4v) is 0.978. The zero-order chi connectivity index (χ0) is 10.3. The highest BCUT2D eigenvalue weighted by atomic mass is 32.1. The molecule has 0 saturated heterocycles. The van der Waals surface area contributed by atoms with Crippen LogP contribution in [0.25, 0.3) is 0 Å². The smallest absolute Gasteiger partial charge is 0.304 e. The predicted octanol–water partition coefficient (Wildman–Crippen LogP) is 0.533. The van der Waals surface area contributed by atoms with Crippen molar-refractivity contribution >= 4 is 24.5 Å². The maximum Gasteiger partial charge on any atom is 0.304 e. The Morgan fingerprint density at radius 1 is 1.54 bits per heavy atom. The Kier molecular flexibility index (Phi) is 6.40. The van der Waals surface area contributed by atoms with E-state index in [1.807, 2.05) is 0 Å². The molecule has 0 aliphatic heterocycles. The summed E-state index contributed by atoms with van der Waals surface area (Å²) in [5.41, 5.74) is 0. The van der Waals surface area contributed by atoms with Crippen molar-refractivity contribution < 1.29 is 14.7 Å². The molecule has 2 N–H and O–H groups in total. The highest BCUT2D eigenvalue weighted by Crippen LogP contribution is 2.01. The highest BCUT2D eigenvalue weighted by Gasteiger charge is 2.15. The van der Waals surface area contributed by atoms with Gasteiger partial charge in [-0.3, -0.25) is 9.59 Å². The molecule has 0 spiro atoms. The monoisotopic (exact) mass is 205 g/mol. The van der Waals surface area contributed by atoms with Crippen molar-refractivity contribution in [2.75, 3.05) is 12.3 Å². The van der Waals surface area contributed by atoms with Gasteiger partial charge in [-0.05, 0) is 12.2 Å². The number of hydrogen-bond donors (Lipinski definition) is 3. The van der Waals surface area contributed by atoms with Crippen LogP contribution in [-0.2, 0) is 9.59 Å². The van der Waals surface area contributed by atoms with E-state index in [0.717, 1.165) is 6.42 Å². The number of nitrogens with one attached hydrogen (secondary N) is 1. The molecule has 76 valence electrons. The lowest BCUT2D eigenvalue weighted by molar-refractivity contribution is -0.140. The van der Waals surface area contributed by atoms with E-state index in [1.165, 1.54) is 0 Å². The first kappa shape index (κ1) is 12.3. The number of rotatable bonds is 6. The molecule has 0 aliphatic carbocycles. The summed E-state index contributed by atoms with van der Waals surface area (Å²) in [5, 5.41) is 11.0. The molecular formula is C8H15NO3S. The second-order valence-electron chi connectivity index (χ2n) is 2.87. The van der Waals surface area contributed by atoms with Crippen molar-refractivity contribution in [3.63, 3.8) is 0 Å². The Balaban J connectivity index is 3.63. The summed E-state index contributed by atoms with van der Waals surface area (Å²) in [6, 6.07) is 0. The topological polar surface area (TPSA) is 66.4 Å². The molecule has 0 saturated carbocycles. The van der Waals surface area contributed by atoms with E-state index < -0.39 is 11.9 Å². The van der Waals surface area contributed by atoms with Gasteiger partial charge in [0.15, 0.2) is 0 Å². The van der Waals surface area contributed by atoms with E-state index in [1.54, 1.807) is 6.92 Å². The van der Waals surface area contributed by atoms with E-state index in [4.69, 9.17) is 5.11 Å². The van der Waals surface area contributed by atoms with E-state index in [9.17, 15) is 9.59 Å². The summed E-state index contributed by atoms with van der Waals surface area (Å²) in [4.78, 5) is 21.4. The molecule has 0 aliphatic rings. The van der Waals surface area contributed by atoms with Crippen molar-refractivity contribution in [2.24, 2.45) is 5.92 Å². The first-order valence-electron chi connectivity index (χ1n) is 4.18. The second-order valence-corrected chi connectivity index (χ2v) is 3.31. The predicted molar refractivity (Wildman–Crippen MR) is 52.9 cm³/mol. The summed E-state index contributed by atoms with van der Waals surface area (Å²) in [5.74, 6) is -0.897. The van der Waals surface area contributed by atoms with Gasteiger partial charge in [0.25, 0.3) is 0 Å². The van der Waals surface area contributed by atoms with Gasteiger partial charge >= 0.3 is 5.97 Å². The fourth-order valence-electron chi connectivity index (χ4n) is 0.820. The third-order valence-electron chi connectivity index (χ3n) is 1.56. The molecule has 1 unspecified atom stereocenters. The van der Waals surface area contributed by atoms with Crippen LogP contribution in [-0.4, -0.2) is 29.3 Å². The van der Waals surface area contributed by atoms with Crippen LogP contribution in [0.15, 0.2) is 0 Å². The lowest BCUT2D eigenvalue weighted by Crippen LogP contribution is -2.31. The maximum atomic E-state index is 11.2. The zero-order valence-corrected chi connectivity index (χ0v) is 8.51. The Morgan fingerprint density at radius 3 is 2.62 bits per heavy atom. The van der Waals surface area contributed by atoms with E-state index >= 15 is 0 Å². The maximum absolute atomic E-state index is 11.2. The molecule has 1 atom stereocenters. The number of amides is 1. The van der Waals surface area contributed by atoms with Crippen LogP contribution in [0, 0.1) is 5.92 Å². The van der Waals surface area contributed by atoms with Crippen LogP contribution in [0.2, 0.25) is 0 Å². The fraction of sp³-hybridized carbons (Fsp3) is 0.750. The number of carbonyl (C=O) groups is 2. The number of carboxylic acids is 1. The molecule has 5 heteroatoms. The molecule has 0 aromatic carbocycles. The van der Waals surface area contributed by atoms with Gasteiger partial charge in [0.05, 0.1) is 6.42 Å². The van der Waals surface area contributed by atoms with Crippen molar-refractivity contribution in [2.45, 2.75) is 19.8 Å². The van der Waals surface area contributed by atoms with Crippen LogP contribution in [0.4, 0.5) is 0 Å². The molecule has 0 fully saturated rings. The van der Waals surface area contributed by atoms with E-state index in [-0.39, 0.29) is 12.3 Å². The Hall–Kier alpha value is -0.710. The summed E-state index contributed by atoms with van der Waals surface area (Å²) in [6.45, 7) is 2.16. The second kappa shape index (κ2) is 6.77. The molecule has 0 aromatic rings. The molecule has 0 rings (SSSR count). The lowest BCUT2D eigenvalue weighted by Gasteiger charge is -2.08. The summed E-state index contributed by atoms with van der Waals surface area (Å²) in [7, 11) is 0. The molecule has 0 aromatic heterocycles. The minimum Gasteiger partial charge on any atom is -0.481 e.